The van der Waals surface area contributed by atoms with Gasteiger partial charge in [0.25, 0.3) is 0 Å². The molecule has 2 N–H and O–H groups in total. The van der Waals surface area contributed by atoms with Gasteiger partial charge in [-0.05, 0) is 44.4 Å². The monoisotopic (exact) mass is 278 g/mol. The molecule has 20 heavy (non-hydrogen) atoms. The van der Waals surface area contributed by atoms with E-state index in [0.717, 1.165) is 32.4 Å². The fourth-order valence-corrected chi connectivity index (χ4v) is 2.78. The van der Waals surface area contributed by atoms with E-state index in [0.29, 0.717) is 0 Å². The third-order valence-corrected chi connectivity index (χ3v) is 4.21. The molecule has 3 nitrogen and oxygen atoms in total. The van der Waals surface area contributed by atoms with Crippen molar-refractivity contribution < 1.29 is 5.11 Å². The Labute approximate surface area is 124 Å². The van der Waals surface area contributed by atoms with Gasteiger partial charge in [0.05, 0.1) is 6.61 Å². The van der Waals surface area contributed by atoms with Crippen molar-refractivity contribution in [2.75, 3.05) is 31.6 Å². The molecule has 1 unspecified atom stereocenters. The van der Waals surface area contributed by atoms with Crippen molar-refractivity contribution >= 4 is 5.69 Å². The number of nitrogens with one attached hydrogen (secondary N) is 1. The molecular formula is C17H30N2O. The smallest absolute Gasteiger partial charge is 0.0613 e. The fraction of sp³-hybridized carbons (Fsp3) is 0.647. The minimum Gasteiger partial charge on any atom is -0.394 e. The molecule has 1 aromatic rings. The van der Waals surface area contributed by atoms with E-state index in [2.05, 4.69) is 62.3 Å². The van der Waals surface area contributed by atoms with Crippen LogP contribution in [0.1, 0.15) is 38.7 Å². The summed E-state index contributed by atoms with van der Waals surface area (Å²) < 4.78 is 0. The predicted octanol–water partition coefficient (Wildman–Crippen LogP) is 2.96. The van der Waals surface area contributed by atoms with E-state index in [1.54, 1.807) is 0 Å². The number of aliphatic hydroxyl groups is 1. The molecule has 0 bridgehead atoms. The average Bonchev–Trinajstić information content (AvgIpc) is 2.46. The Kier molecular flexibility index (Phi) is 7.03. The molecule has 1 atom stereocenters. The quantitative estimate of drug-likeness (QED) is 0.729. The van der Waals surface area contributed by atoms with Crippen LogP contribution in [0.4, 0.5) is 5.69 Å². The van der Waals surface area contributed by atoms with Crippen LogP contribution in [0, 0.1) is 6.92 Å². The molecule has 0 heterocycles. The van der Waals surface area contributed by atoms with Crippen LogP contribution >= 0.6 is 0 Å². The highest BCUT2D eigenvalue weighted by Crippen LogP contribution is 2.21. The largest absolute Gasteiger partial charge is 0.394 e. The van der Waals surface area contributed by atoms with Crippen molar-refractivity contribution in [2.24, 2.45) is 0 Å². The molecule has 0 aliphatic rings. The second-order valence-corrected chi connectivity index (χ2v) is 5.63. The topological polar surface area (TPSA) is 35.5 Å². The predicted molar refractivity (Wildman–Crippen MR) is 87.5 cm³/mol. The maximum Gasteiger partial charge on any atom is 0.0613 e. The van der Waals surface area contributed by atoms with E-state index in [9.17, 15) is 5.11 Å². The molecule has 0 aliphatic carbocycles. The lowest BCUT2D eigenvalue weighted by molar-refractivity contribution is 0.147. The summed E-state index contributed by atoms with van der Waals surface area (Å²) in [6.45, 7) is 8.52. The van der Waals surface area contributed by atoms with Crippen molar-refractivity contribution in [3.05, 3.63) is 29.8 Å². The lowest BCUT2D eigenvalue weighted by atomic mass is 9.91. The number of aliphatic hydroxyl groups excluding tert-OH is 1. The zero-order valence-electron chi connectivity index (χ0n) is 13.4. The van der Waals surface area contributed by atoms with Gasteiger partial charge in [-0.2, -0.15) is 0 Å². The molecule has 1 aromatic carbocycles. The first-order valence-electron chi connectivity index (χ1n) is 7.71. The zero-order valence-corrected chi connectivity index (χ0v) is 13.4. The Bertz CT molecular complexity index is 388. The van der Waals surface area contributed by atoms with E-state index in [-0.39, 0.29) is 12.1 Å². The van der Waals surface area contributed by atoms with Crippen molar-refractivity contribution in [1.29, 1.82) is 0 Å². The van der Waals surface area contributed by atoms with Gasteiger partial charge in [-0.15, -0.1) is 0 Å². The molecule has 0 saturated carbocycles. The SMILES string of the molecule is CCNC(CC)(CO)CCCN(C)c1ccccc1C. The van der Waals surface area contributed by atoms with Crippen molar-refractivity contribution in [2.45, 2.75) is 45.6 Å². The summed E-state index contributed by atoms with van der Waals surface area (Å²) in [6, 6.07) is 8.47. The van der Waals surface area contributed by atoms with Crippen LogP contribution < -0.4 is 10.2 Å². The third-order valence-electron chi connectivity index (χ3n) is 4.21. The minimum atomic E-state index is -0.110. The number of rotatable bonds is 9. The van der Waals surface area contributed by atoms with Crippen LogP contribution in [0.5, 0.6) is 0 Å². The summed E-state index contributed by atoms with van der Waals surface area (Å²) in [5.41, 5.74) is 2.49. The number of aryl methyl sites for hydroxylation is 1. The average molecular weight is 278 g/mol. The summed E-state index contributed by atoms with van der Waals surface area (Å²) in [7, 11) is 2.14. The molecule has 114 valence electrons. The second-order valence-electron chi connectivity index (χ2n) is 5.63. The third kappa shape index (κ3) is 4.50. The lowest BCUT2D eigenvalue weighted by Crippen LogP contribution is -2.48. The Balaban J connectivity index is 2.52. The van der Waals surface area contributed by atoms with E-state index in [1.165, 1.54) is 11.3 Å². The van der Waals surface area contributed by atoms with E-state index in [1.807, 2.05) is 0 Å². The lowest BCUT2D eigenvalue weighted by Gasteiger charge is -2.33. The van der Waals surface area contributed by atoms with Gasteiger partial charge in [0.2, 0.25) is 0 Å². The normalized spacial score (nSPS) is 14.1. The van der Waals surface area contributed by atoms with Gasteiger partial charge in [0.1, 0.15) is 0 Å². The van der Waals surface area contributed by atoms with Gasteiger partial charge in [-0.25, -0.2) is 0 Å². The number of hydrogen-bond donors (Lipinski definition) is 2. The van der Waals surface area contributed by atoms with Crippen LogP contribution in [-0.2, 0) is 0 Å². The van der Waals surface area contributed by atoms with Gasteiger partial charge < -0.3 is 15.3 Å². The van der Waals surface area contributed by atoms with Crippen LogP contribution in [0.3, 0.4) is 0 Å². The van der Waals surface area contributed by atoms with E-state index >= 15 is 0 Å². The zero-order chi connectivity index (χ0) is 15.0. The number of anilines is 1. The Morgan fingerprint density at radius 3 is 2.50 bits per heavy atom. The van der Waals surface area contributed by atoms with Gasteiger partial charge in [-0.3, -0.25) is 0 Å². The number of para-hydroxylation sites is 1. The Morgan fingerprint density at radius 2 is 1.95 bits per heavy atom. The molecule has 0 radical (unpaired) electrons. The van der Waals surface area contributed by atoms with Crippen LogP contribution in [-0.4, -0.2) is 37.4 Å². The Morgan fingerprint density at radius 1 is 1.25 bits per heavy atom. The Hall–Kier alpha value is -1.06. The highest BCUT2D eigenvalue weighted by molar-refractivity contribution is 5.52. The van der Waals surface area contributed by atoms with Crippen molar-refractivity contribution in [3.8, 4) is 0 Å². The molecule has 0 saturated heterocycles. The standard InChI is InChI=1S/C17H30N2O/c1-5-17(14-20,18-6-2)12-9-13-19(4)16-11-8-7-10-15(16)3/h7-8,10-11,18,20H,5-6,9,12-14H2,1-4H3. The minimum absolute atomic E-state index is 0.110. The molecule has 0 aliphatic heterocycles. The first-order valence-corrected chi connectivity index (χ1v) is 7.71. The maximum absolute atomic E-state index is 9.66. The first-order chi connectivity index (χ1) is 9.58. The summed E-state index contributed by atoms with van der Waals surface area (Å²) in [5, 5.41) is 13.1. The van der Waals surface area contributed by atoms with E-state index in [4.69, 9.17) is 0 Å². The number of hydrogen-bond acceptors (Lipinski definition) is 3. The maximum atomic E-state index is 9.66. The van der Waals surface area contributed by atoms with E-state index < -0.39 is 0 Å². The first kappa shape index (κ1) is 17.0. The second kappa shape index (κ2) is 8.28. The molecule has 0 amide bonds. The molecular weight excluding hydrogens is 248 g/mol. The highest BCUT2D eigenvalue weighted by atomic mass is 16.3. The summed E-state index contributed by atoms with van der Waals surface area (Å²) >= 11 is 0. The number of benzene rings is 1. The van der Waals surface area contributed by atoms with Crippen LogP contribution in [0.15, 0.2) is 24.3 Å². The molecule has 1 rings (SSSR count). The van der Waals surface area contributed by atoms with Gasteiger partial charge in [0.15, 0.2) is 0 Å². The van der Waals surface area contributed by atoms with Gasteiger partial charge >= 0.3 is 0 Å². The van der Waals surface area contributed by atoms with Gasteiger partial charge in [-0.1, -0.05) is 32.0 Å². The fourth-order valence-electron chi connectivity index (χ4n) is 2.78. The van der Waals surface area contributed by atoms with Crippen molar-refractivity contribution in [1.82, 2.24) is 5.32 Å². The molecule has 0 aromatic heterocycles. The number of nitrogens with zero attached hydrogens (tertiary/aromatic N) is 1. The van der Waals surface area contributed by atoms with Crippen molar-refractivity contribution in [3.63, 3.8) is 0 Å². The highest BCUT2D eigenvalue weighted by Gasteiger charge is 2.25. The number of likely N-dealkylation sites (N-methyl/N-ethyl adjacent to an activating group) is 1. The molecule has 0 fully saturated rings. The summed E-state index contributed by atoms with van der Waals surface area (Å²) in [4.78, 5) is 2.30. The van der Waals surface area contributed by atoms with Gasteiger partial charge in [0, 0.05) is 24.8 Å². The van der Waals surface area contributed by atoms with Crippen LogP contribution in [0.2, 0.25) is 0 Å². The summed E-state index contributed by atoms with van der Waals surface area (Å²) in [6.07, 6.45) is 3.04. The molecule has 3 heteroatoms. The summed E-state index contributed by atoms with van der Waals surface area (Å²) in [5.74, 6) is 0. The molecule has 0 spiro atoms. The van der Waals surface area contributed by atoms with Crippen LogP contribution in [0.25, 0.3) is 0 Å².